The quantitative estimate of drug-likeness (QED) is 0.516. The van der Waals surface area contributed by atoms with Crippen LogP contribution in [0.25, 0.3) is 0 Å². The van der Waals surface area contributed by atoms with Gasteiger partial charge in [0, 0.05) is 11.7 Å². The number of hydrogen-bond acceptors (Lipinski definition) is 6. The molecule has 1 atom stereocenters. The number of esters is 1. The number of benzene rings is 2. The second-order valence-electron chi connectivity index (χ2n) is 7.01. The van der Waals surface area contributed by atoms with Gasteiger partial charge in [-0.25, -0.2) is 13.2 Å². The van der Waals surface area contributed by atoms with E-state index in [0.29, 0.717) is 17.8 Å². The van der Waals surface area contributed by atoms with E-state index in [1.54, 1.807) is 49.4 Å². The van der Waals surface area contributed by atoms with Crippen LogP contribution in [-0.4, -0.2) is 45.7 Å². The number of ether oxygens (including phenoxy) is 1. The minimum absolute atomic E-state index is 0.168. The average molecular weight is 427 g/mol. The Morgan fingerprint density at radius 1 is 1.23 bits per heavy atom. The molecule has 1 amide bonds. The highest BCUT2D eigenvalue weighted by atomic mass is 32.2. The van der Waals surface area contributed by atoms with Crippen LogP contribution in [0.4, 0.5) is 11.4 Å². The molecule has 0 bridgehead atoms. The van der Waals surface area contributed by atoms with E-state index in [1.807, 2.05) is 6.07 Å². The molecule has 0 aromatic heterocycles. The Hall–Kier alpha value is -3.38. The van der Waals surface area contributed by atoms with Gasteiger partial charge in [-0.05, 0) is 49.2 Å². The summed E-state index contributed by atoms with van der Waals surface area (Å²) in [7, 11) is -3.42. The molecule has 30 heavy (non-hydrogen) atoms. The molecule has 1 aliphatic heterocycles. The third-order valence-corrected chi connectivity index (χ3v) is 6.02. The van der Waals surface area contributed by atoms with Gasteiger partial charge in [-0.3, -0.25) is 14.0 Å². The fraction of sp³-hybridized carbons (Fsp3) is 0.286. The van der Waals surface area contributed by atoms with Crippen molar-refractivity contribution in [2.24, 2.45) is 0 Å². The molecule has 156 valence electrons. The second kappa shape index (κ2) is 8.55. The van der Waals surface area contributed by atoms with E-state index in [9.17, 15) is 18.0 Å². The van der Waals surface area contributed by atoms with Gasteiger partial charge in [0.05, 0.1) is 23.6 Å². The standard InChI is InChI=1S/C21H21N3O5S/c1-15-12-17-13-16(8-9-19(17)24(15)30(2,27)28)21(26)29-14-20(25)23(11-10-22)18-6-4-3-5-7-18/h3-9,13,15H,11-12,14H2,1-2H3. The SMILES string of the molecule is CC1Cc2cc(C(=O)OCC(=O)N(CC#N)c3ccccc3)ccc2N1S(C)(=O)=O. The summed E-state index contributed by atoms with van der Waals surface area (Å²) in [5.41, 5.74) is 2.04. The first-order chi connectivity index (χ1) is 14.2. The number of nitriles is 1. The summed E-state index contributed by atoms with van der Waals surface area (Å²) in [6, 6.07) is 15.0. The molecule has 0 N–H and O–H groups in total. The predicted octanol–water partition coefficient (Wildman–Crippen LogP) is 2.11. The summed E-state index contributed by atoms with van der Waals surface area (Å²) in [6.45, 7) is 1.11. The summed E-state index contributed by atoms with van der Waals surface area (Å²) in [4.78, 5) is 26.2. The minimum Gasteiger partial charge on any atom is -0.452 e. The van der Waals surface area contributed by atoms with E-state index in [-0.39, 0.29) is 18.2 Å². The topological polar surface area (TPSA) is 108 Å². The fourth-order valence-electron chi connectivity index (χ4n) is 3.53. The maximum Gasteiger partial charge on any atom is 0.338 e. The molecule has 3 rings (SSSR count). The van der Waals surface area contributed by atoms with Crippen LogP contribution in [0.5, 0.6) is 0 Å². The van der Waals surface area contributed by atoms with Crippen molar-refractivity contribution in [2.75, 3.05) is 28.6 Å². The number of fused-ring (bicyclic) bond motifs is 1. The molecule has 0 saturated carbocycles. The Morgan fingerprint density at radius 2 is 1.93 bits per heavy atom. The lowest BCUT2D eigenvalue weighted by Crippen LogP contribution is -2.35. The zero-order valence-electron chi connectivity index (χ0n) is 16.6. The first kappa shape index (κ1) is 21.3. The van der Waals surface area contributed by atoms with Gasteiger partial charge in [-0.15, -0.1) is 0 Å². The third-order valence-electron chi connectivity index (χ3n) is 4.75. The lowest BCUT2D eigenvalue weighted by molar-refractivity contribution is -0.121. The van der Waals surface area contributed by atoms with Crippen LogP contribution < -0.4 is 9.21 Å². The molecule has 0 aliphatic carbocycles. The molecule has 1 unspecified atom stereocenters. The molecule has 1 aliphatic rings. The largest absolute Gasteiger partial charge is 0.452 e. The van der Waals surface area contributed by atoms with Gasteiger partial charge < -0.3 is 4.74 Å². The number of rotatable bonds is 6. The molecule has 0 saturated heterocycles. The summed E-state index contributed by atoms with van der Waals surface area (Å²) < 4.78 is 30.5. The van der Waals surface area contributed by atoms with Crippen LogP contribution in [0.2, 0.25) is 0 Å². The van der Waals surface area contributed by atoms with Crippen molar-refractivity contribution in [3.8, 4) is 6.07 Å². The van der Waals surface area contributed by atoms with Crippen molar-refractivity contribution in [3.63, 3.8) is 0 Å². The first-order valence-corrected chi connectivity index (χ1v) is 11.1. The molecule has 1 heterocycles. The number of nitrogens with zero attached hydrogens (tertiary/aromatic N) is 3. The highest BCUT2D eigenvalue weighted by Crippen LogP contribution is 2.34. The maximum atomic E-state index is 12.5. The normalized spacial score (nSPS) is 15.2. The van der Waals surface area contributed by atoms with Crippen molar-refractivity contribution >= 4 is 33.3 Å². The summed E-state index contributed by atoms with van der Waals surface area (Å²) >= 11 is 0. The smallest absolute Gasteiger partial charge is 0.338 e. The number of anilines is 2. The number of sulfonamides is 1. The van der Waals surface area contributed by atoms with Gasteiger partial charge in [0.15, 0.2) is 6.61 Å². The van der Waals surface area contributed by atoms with Gasteiger partial charge in [-0.1, -0.05) is 18.2 Å². The Morgan fingerprint density at radius 3 is 2.57 bits per heavy atom. The maximum absolute atomic E-state index is 12.5. The van der Waals surface area contributed by atoms with E-state index in [0.717, 1.165) is 11.8 Å². The van der Waals surface area contributed by atoms with Crippen molar-refractivity contribution in [2.45, 2.75) is 19.4 Å². The summed E-state index contributed by atoms with van der Waals surface area (Å²) in [5.74, 6) is -1.21. The van der Waals surface area contributed by atoms with Gasteiger partial charge in [0.2, 0.25) is 10.0 Å². The summed E-state index contributed by atoms with van der Waals surface area (Å²) in [6.07, 6.45) is 1.62. The molecule has 9 heteroatoms. The Kier molecular flexibility index (Phi) is 6.08. The molecule has 0 fully saturated rings. The van der Waals surface area contributed by atoms with Gasteiger partial charge in [0.1, 0.15) is 6.54 Å². The van der Waals surface area contributed by atoms with Crippen LogP contribution >= 0.6 is 0 Å². The highest BCUT2D eigenvalue weighted by molar-refractivity contribution is 7.92. The van der Waals surface area contributed by atoms with E-state index in [1.165, 1.54) is 15.3 Å². The number of para-hydroxylation sites is 1. The molecular formula is C21H21N3O5S. The lowest BCUT2D eigenvalue weighted by Gasteiger charge is -2.22. The van der Waals surface area contributed by atoms with Crippen molar-refractivity contribution in [1.82, 2.24) is 0 Å². The van der Waals surface area contributed by atoms with Crippen LogP contribution in [0.1, 0.15) is 22.8 Å². The number of carbonyl (C=O) groups excluding carboxylic acids is 2. The summed E-state index contributed by atoms with van der Waals surface area (Å²) in [5, 5.41) is 8.99. The molecule has 0 spiro atoms. The van der Waals surface area contributed by atoms with E-state index in [4.69, 9.17) is 10.00 Å². The first-order valence-electron chi connectivity index (χ1n) is 9.24. The molecule has 0 radical (unpaired) electrons. The van der Waals surface area contributed by atoms with Crippen molar-refractivity contribution in [3.05, 3.63) is 59.7 Å². The Balaban J connectivity index is 1.71. The van der Waals surface area contributed by atoms with Crippen LogP contribution in [0, 0.1) is 11.3 Å². The van der Waals surface area contributed by atoms with Crippen molar-refractivity contribution < 1.29 is 22.7 Å². The minimum atomic E-state index is -3.42. The van der Waals surface area contributed by atoms with Crippen molar-refractivity contribution in [1.29, 1.82) is 5.26 Å². The lowest BCUT2D eigenvalue weighted by atomic mass is 10.1. The number of amides is 1. The number of hydrogen-bond donors (Lipinski definition) is 0. The Bertz CT molecular complexity index is 1110. The predicted molar refractivity (Wildman–Crippen MR) is 112 cm³/mol. The molecular weight excluding hydrogens is 406 g/mol. The Labute approximate surface area is 175 Å². The van der Waals surface area contributed by atoms with Crippen LogP contribution in [0.15, 0.2) is 48.5 Å². The van der Waals surface area contributed by atoms with E-state index in [2.05, 4.69) is 0 Å². The molecule has 8 nitrogen and oxygen atoms in total. The van der Waals surface area contributed by atoms with Crippen LogP contribution in [0.3, 0.4) is 0 Å². The van der Waals surface area contributed by atoms with Gasteiger partial charge in [-0.2, -0.15) is 5.26 Å². The second-order valence-corrected chi connectivity index (χ2v) is 8.86. The zero-order chi connectivity index (χ0) is 21.9. The zero-order valence-corrected chi connectivity index (χ0v) is 17.4. The van der Waals surface area contributed by atoms with Gasteiger partial charge >= 0.3 is 5.97 Å². The molecule has 2 aromatic rings. The monoisotopic (exact) mass is 427 g/mol. The van der Waals surface area contributed by atoms with Gasteiger partial charge in [0.25, 0.3) is 5.91 Å². The van der Waals surface area contributed by atoms with E-state index < -0.39 is 28.5 Å². The average Bonchev–Trinajstić information content (AvgIpc) is 3.05. The fourth-order valence-corrected chi connectivity index (χ4v) is 4.79. The number of carbonyl (C=O) groups is 2. The highest BCUT2D eigenvalue weighted by Gasteiger charge is 2.33. The van der Waals surface area contributed by atoms with Crippen LogP contribution in [-0.2, 0) is 26.0 Å². The van der Waals surface area contributed by atoms with E-state index >= 15 is 0 Å². The third kappa shape index (κ3) is 4.44. The molecule has 2 aromatic carbocycles.